The fourth-order valence-corrected chi connectivity index (χ4v) is 2.04. The highest BCUT2D eigenvalue weighted by molar-refractivity contribution is 6.06. The zero-order valence-electron chi connectivity index (χ0n) is 11.0. The van der Waals surface area contributed by atoms with Crippen LogP contribution in [0.3, 0.4) is 0 Å². The van der Waals surface area contributed by atoms with E-state index in [1.54, 1.807) is 0 Å². The van der Waals surface area contributed by atoms with E-state index in [4.69, 9.17) is 0 Å². The van der Waals surface area contributed by atoms with Gasteiger partial charge in [0.15, 0.2) is 0 Å². The van der Waals surface area contributed by atoms with Gasteiger partial charge in [-0.25, -0.2) is 0 Å². The summed E-state index contributed by atoms with van der Waals surface area (Å²) in [7, 11) is 0. The number of unbranched alkanes of at least 4 members (excludes halogenated alkanes) is 1. The van der Waals surface area contributed by atoms with Crippen LogP contribution in [0.25, 0.3) is 10.8 Å². The van der Waals surface area contributed by atoms with Crippen molar-refractivity contribution in [2.75, 3.05) is 6.54 Å². The molecule has 2 nitrogen and oxygen atoms in total. The second-order valence-corrected chi connectivity index (χ2v) is 4.50. The third-order valence-electron chi connectivity index (χ3n) is 3.15. The summed E-state index contributed by atoms with van der Waals surface area (Å²) >= 11 is 0. The van der Waals surface area contributed by atoms with Crippen LogP contribution in [0.2, 0.25) is 0 Å². The molecule has 0 unspecified atom stereocenters. The van der Waals surface area contributed by atoms with Crippen molar-refractivity contribution in [3.05, 3.63) is 42.0 Å². The van der Waals surface area contributed by atoms with Crippen molar-refractivity contribution >= 4 is 16.5 Å². The summed E-state index contributed by atoms with van der Waals surface area (Å²) < 4.78 is 0. The Balaban J connectivity index is 2.39. The van der Waals surface area contributed by atoms with Gasteiger partial charge in [0.1, 0.15) is 5.75 Å². The van der Waals surface area contributed by atoms with Gasteiger partial charge in [0.05, 0.1) is 0 Å². The number of rotatable bonds is 4. The molecule has 0 saturated heterocycles. The Bertz CT molecular complexity index is 572. The minimum atomic E-state index is 0.339. The fraction of sp³-hybridized carbons (Fsp3) is 0.312. The fourth-order valence-electron chi connectivity index (χ4n) is 2.04. The lowest BCUT2D eigenvalue weighted by Crippen LogP contribution is -1.97. The molecule has 1 N–H and O–H groups in total. The molecule has 18 heavy (non-hydrogen) atoms. The van der Waals surface area contributed by atoms with Gasteiger partial charge in [-0.2, -0.15) is 0 Å². The van der Waals surface area contributed by atoms with E-state index in [0.29, 0.717) is 5.75 Å². The molecule has 2 aromatic rings. The number of aromatic hydroxyl groups is 1. The van der Waals surface area contributed by atoms with Crippen LogP contribution in [0.15, 0.2) is 41.4 Å². The van der Waals surface area contributed by atoms with Crippen LogP contribution in [0.1, 0.15) is 32.3 Å². The van der Waals surface area contributed by atoms with E-state index in [2.05, 4.69) is 11.9 Å². The normalized spacial score (nSPS) is 12.0. The highest BCUT2D eigenvalue weighted by Crippen LogP contribution is 2.28. The standard InChI is InChI=1S/C16H19NO/c1-3-4-11-17-12(2)14-10-9-13-7-5-6-8-15(13)16(14)18/h5-10,18H,3-4,11H2,1-2H3. The van der Waals surface area contributed by atoms with Gasteiger partial charge in [-0.05, 0) is 24.8 Å². The summed E-state index contributed by atoms with van der Waals surface area (Å²) in [4.78, 5) is 4.51. The summed E-state index contributed by atoms with van der Waals surface area (Å²) in [5, 5.41) is 12.2. The van der Waals surface area contributed by atoms with Gasteiger partial charge in [0.25, 0.3) is 0 Å². The van der Waals surface area contributed by atoms with Crippen molar-refractivity contribution in [2.45, 2.75) is 26.7 Å². The maximum atomic E-state index is 10.3. The summed E-state index contributed by atoms with van der Waals surface area (Å²) in [6.07, 6.45) is 2.23. The van der Waals surface area contributed by atoms with Crippen LogP contribution in [0.5, 0.6) is 5.75 Å². The maximum Gasteiger partial charge on any atom is 0.132 e. The average Bonchev–Trinajstić information content (AvgIpc) is 2.39. The maximum absolute atomic E-state index is 10.3. The zero-order chi connectivity index (χ0) is 13.0. The third kappa shape index (κ3) is 2.53. The first-order chi connectivity index (χ1) is 8.74. The number of fused-ring (bicyclic) bond motifs is 1. The molecule has 0 bridgehead atoms. The predicted octanol–water partition coefficient (Wildman–Crippen LogP) is 4.15. The summed E-state index contributed by atoms with van der Waals surface area (Å²) in [5.41, 5.74) is 1.75. The Labute approximate surface area is 108 Å². The predicted molar refractivity (Wildman–Crippen MR) is 77.6 cm³/mol. The molecule has 0 saturated carbocycles. The number of aliphatic imine (C=N–C) groups is 1. The molecule has 0 aromatic heterocycles. The molecule has 0 aliphatic rings. The monoisotopic (exact) mass is 241 g/mol. The molecule has 2 heteroatoms. The average molecular weight is 241 g/mol. The topological polar surface area (TPSA) is 32.6 Å². The Kier molecular flexibility index (Phi) is 3.98. The second kappa shape index (κ2) is 5.67. The molecule has 0 radical (unpaired) electrons. The minimum absolute atomic E-state index is 0.339. The van der Waals surface area contributed by atoms with Crippen LogP contribution in [0, 0.1) is 0 Å². The highest BCUT2D eigenvalue weighted by Gasteiger charge is 2.07. The molecule has 2 rings (SSSR count). The van der Waals surface area contributed by atoms with Gasteiger partial charge in [-0.1, -0.05) is 43.7 Å². The van der Waals surface area contributed by atoms with E-state index in [1.165, 1.54) is 0 Å². The zero-order valence-corrected chi connectivity index (χ0v) is 11.0. The third-order valence-corrected chi connectivity index (χ3v) is 3.15. The molecule has 0 atom stereocenters. The van der Waals surface area contributed by atoms with Gasteiger partial charge in [-0.15, -0.1) is 0 Å². The van der Waals surface area contributed by atoms with Crippen molar-refractivity contribution in [1.82, 2.24) is 0 Å². The van der Waals surface area contributed by atoms with Crippen LogP contribution in [-0.4, -0.2) is 17.4 Å². The SMILES string of the molecule is CCCCN=C(C)c1ccc2ccccc2c1O. The van der Waals surface area contributed by atoms with E-state index in [1.807, 2.05) is 43.3 Å². The molecule has 94 valence electrons. The number of nitrogens with zero attached hydrogens (tertiary/aromatic N) is 1. The van der Waals surface area contributed by atoms with Crippen molar-refractivity contribution < 1.29 is 5.11 Å². The van der Waals surface area contributed by atoms with E-state index in [0.717, 1.165) is 41.4 Å². The first kappa shape index (κ1) is 12.6. The largest absolute Gasteiger partial charge is 0.507 e. The van der Waals surface area contributed by atoms with Crippen molar-refractivity contribution in [3.63, 3.8) is 0 Å². The van der Waals surface area contributed by atoms with Gasteiger partial charge >= 0.3 is 0 Å². The Morgan fingerprint density at radius 2 is 1.94 bits per heavy atom. The van der Waals surface area contributed by atoms with Gasteiger partial charge in [0, 0.05) is 23.2 Å². The lowest BCUT2D eigenvalue weighted by atomic mass is 10.0. The van der Waals surface area contributed by atoms with Crippen LogP contribution >= 0.6 is 0 Å². The smallest absolute Gasteiger partial charge is 0.132 e. The molecule has 0 spiro atoms. The molecular formula is C16H19NO. The Hall–Kier alpha value is -1.83. The van der Waals surface area contributed by atoms with E-state index in [-0.39, 0.29) is 0 Å². The van der Waals surface area contributed by atoms with Gasteiger partial charge < -0.3 is 5.11 Å². The van der Waals surface area contributed by atoms with E-state index in [9.17, 15) is 5.11 Å². The minimum Gasteiger partial charge on any atom is -0.507 e. The molecule has 0 aliphatic heterocycles. The first-order valence-electron chi connectivity index (χ1n) is 6.46. The first-order valence-corrected chi connectivity index (χ1v) is 6.46. The number of phenols is 1. The summed E-state index contributed by atoms with van der Waals surface area (Å²) in [6, 6.07) is 11.8. The van der Waals surface area contributed by atoms with Crippen LogP contribution < -0.4 is 0 Å². The van der Waals surface area contributed by atoms with Crippen molar-refractivity contribution in [1.29, 1.82) is 0 Å². The number of hydrogen-bond donors (Lipinski definition) is 1. The quantitative estimate of drug-likeness (QED) is 0.633. The summed E-state index contributed by atoms with van der Waals surface area (Å²) in [5.74, 6) is 0.339. The molecule has 0 fully saturated rings. The highest BCUT2D eigenvalue weighted by atomic mass is 16.3. The van der Waals surface area contributed by atoms with Gasteiger partial charge in [-0.3, -0.25) is 4.99 Å². The van der Waals surface area contributed by atoms with Crippen LogP contribution in [0.4, 0.5) is 0 Å². The number of benzene rings is 2. The lowest BCUT2D eigenvalue weighted by molar-refractivity contribution is 0.480. The Morgan fingerprint density at radius 1 is 1.17 bits per heavy atom. The van der Waals surface area contributed by atoms with Gasteiger partial charge in [0.2, 0.25) is 0 Å². The number of hydrogen-bond acceptors (Lipinski definition) is 2. The van der Waals surface area contributed by atoms with Crippen molar-refractivity contribution in [3.8, 4) is 5.75 Å². The lowest BCUT2D eigenvalue weighted by Gasteiger charge is -2.07. The summed E-state index contributed by atoms with van der Waals surface area (Å²) in [6.45, 7) is 4.94. The molecular weight excluding hydrogens is 222 g/mol. The van der Waals surface area contributed by atoms with E-state index >= 15 is 0 Å². The second-order valence-electron chi connectivity index (χ2n) is 4.50. The van der Waals surface area contributed by atoms with Crippen LogP contribution in [-0.2, 0) is 0 Å². The molecule has 0 heterocycles. The number of phenolic OH excluding ortho intramolecular Hbond substituents is 1. The molecule has 2 aromatic carbocycles. The molecule has 0 aliphatic carbocycles. The Morgan fingerprint density at radius 3 is 2.72 bits per heavy atom. The van der Waals surface area contributed by atoms with E-state index < -0.39 is 0 Å². The van der Waals surface area contributed by atoms with Crippen molar-refractivity contribution in [2.24, 2.45) is 4.99 Å². The molecule has 0 amide bonds.